The number of nitrogens with zero attached hydrogens (tertiary/aromatic N) is 3. The maximum Gasteiger partial charge on any atom is 0.238 e. The van der Waals surface area contributed by atoms with Gasteiger partial charge in [0, 0.05) is 16.1 Å². The van der Waals surface area contributed by atoms with E-state index >= 15 is 0 Å². The van der Waals surface area contributed by atoms with E-state index in [0.717, 1.165) is 16.6 Å². The molecule has 0 aliphatic carbocycles. The predicted octanol–water partition coefficient (Wildman–Crippen LogP) is 5.49. The fraction of sp³-hybridized carbons (Fsp3) is 0.0870. The summed E-state index contributed by atoms with van der Waals surface area (Å²) in [5.74, 6) is -0.0618. The van der Waals surface area contributed by atoms with Gasteiger partial charge in [0.1, 0.15) is 0 Å². The molecule has 0 aliphatic heterocycles. The summed E-state index contributed by atoms with van der Waals surface area (Å²) in [6.07, 6.45) is 0. The van der Waals surface area contributed by atoms with Crippen molar-refractivity contribution < 1.29 is 13.5 Å². The van der Waals surface area contributed by atoms with Crippen LogP contribution in [0, 0.1) is 6.92 Å². The van der Waals surface area contributed by atoms with Crippen LogP contribution in [0.4, 0.5) is 11.4 Å². The van der Waals surface area contributed by atoms with Crippen molar-refractivity contribution in [2.24, 2.45) is 15.4 Å². The number of fused-ring (bicyclic) bond motifs is 1. The Morgan fingerprint density at radius 3 is 2.47 bits per heavy atom. The number of anilines is 1. The Bertz CT molecular complexity index is 1520. The van der Waals surface area contributed by atoms with E-state index in [1.165, 1.54) is 24.3 Å². The van der Waals surface area contributed by atoms with Gasteiger partial charge in [-0.1, -0.05) is 41.9 Å². The van der Waals surface area contributed by atoms with E-state index < -0.39 is 10.0 Å². The molecule has 8 nitrogen and oxygen atoms in total. The molecule has 174 valence electrons. The normalized spacial score (nSPS) is 11.9. The summed E-state index contributed by atoms with van der Waals surface area (Å²) in [7, 11) is -3.79. The summed E-state index contributed by atoms with van der Waals surface area (Å²) in [5.41, 5.74) is 3.42. The Morgan fingerprint density at radius 1 is 1.15 bits per heavy atom. The van der Waals surface area contributed by atoms with Gasteiger partial charge < -0.3 is 15.0 Å². The number of hydrogen-bond acceptors (Lipinski definition) is 5. The zero-order valence-corrected chi connectivity index (χ0v) is 20.3. The number of hydrogen-bond donors (Lipinski definition) is 3. The standard InChI is InChI=1S/C23H20ClN5O3S2/c1-14-11-16(24)12-19-20(22(30)29(21(14)19)13-15-5-3-2-4-6-15)27-28-23(33)26-17-7-9-18(10-8-17)34(25,31)32/h2-12,30H,13H2,1H3,(H,26,33)(H2,25,31,32). The number of nitrogens with two attached hydrogens (primary N) is 1. The van der Waals surface area contributed by atoms with Crippen LogP contribution in [0.3, 0.4) is 0 Å². The number of thiocarbonyl (C=S) groups is 1. The molecule has 0 fully saturated rings. The number of benzene rings is 3. The second kappa shape index (κ2) is 9.51. The minimum Gasteiger partial charge on any atom is -0.493 e. The third-order valence-corrected chi connectivity index (χ3v) is 6.45. The molecule has 0 unspecified atom stereocenters. The van der Waals surface area contributed by atoms with Crippen molar-refractivity contribution in [1.29, 1.82) is 0 Å². The molecule has 0 radical (unpaired) electrons. The van der Waals surface area contributed by atoms with Crippen LogP contribution in [-0.4, -0.2) is 23.2 Å². The zero-order chi connectivity index (χ0) is 24.5. The molecular formula is C23H20ClN5O3S2. The van der Waals surface area contributed by atoms with Crippen LogP contribution in [0.25, 0.3) is 10.9 Å². The maximum absolute atomic E-state index is 11.4. The van der Waals surface area contributed by atoms with Crippen molar-refractivity contribution in [3.63, 3.8) is 0 Å². The van der Waals surface area contributed by atoms with Crippen molar-refractivity contribution in [3.8, 4) is 5.88 Å². The van der Waals surface area contributed by atoms with Gasteiger partial charge in [-0.25, -0.2) is 13.6 Å². The van der Waals surface area contributed by atoms with Crippen molar-refractivity contribution in [3.05, 3.63) is 82.9 Å². The third-order valence-electron chi connectivity index (χ3n) is 5.12. The average molecular weight is 514 g/mol. The molecule has 0 aliphatic rings. The summed E-state index contributed by atoms with van der Waals surface area (Å²) in [4.78, 5) is -0.0195. The molecular weight excluding hydrogens is 494 g/mol. The Kier molecular flexibility index (Phi) is 6.67. The van der Waals surface area contributed by atoms with Gasteiger partial charge in [-0.3, -0.25) is 0 Å². The minimum atomic E-state index is -3.79. The molecule has 0 amide bonds. The van der Waals surface area contributed by atoms with Gasteiger partial charge in [-0.05, 0) is 66.7 Å². The number of aromatic nitrogens is 1. The number of aryl methyl sites for hydroxylation is 1. The van der Waals surface area contributed by atoms with E-state index in [0.29, 0.717) is 22.6 Å². The molecule has 34 heavy (non-hydrogen) atoms. The Hall–Kier alpha value is -3.31. The van der Waals surface area contributed by atoms with E-state index in [4.69, 9.17) is 29.0 Å². The summed E-state index contributed by atoms with van der Waals surface area (Å²) in [6.45, 7) is 2.34. The van der Waals surface area contributed by atoms with Gasteiger partial charge in [0.2, 0.25) is 21.0 Å². The second-order valence-electron chi connectivity index (χ2n) is 7.56. The lowest BCUT2D eigenvalue weighted by molar-refractivity contribution is 0.429. The van der Waals surface area contributed by atoms with Gasteiger partial charge >= 0.3 is 0 Å². The highest BCUT2D eigenvalue weighted by Crippen LogP contribution is 2.42. The van der Waals surface area contributed by atoms with E-state index in [9.17, 15) is 13.5 Å². The topological polar surface area (TPSA) is 122 Å². The Morgan fingerprint density at radius 2 is 1.82 bits per heavy atom. The van der Waals surface area contributed by atoms with Gasteiger partial charge in [0.25, 0.3) is 0 Å². The number of rotatable bonds is 5. The van der Waals surface area contributed by atoms with Crippen LogP contribution in [0.15, 0.2) is 81.9 Å². The summed E-state index contributed by atoms with van der Waals surface area (Å²) in [5, 5.41) is 28.4. The van der Waals surface area contributed by atoms with Gasteiger partial charge in [-0.2, -0.15) is 0 Å². The SMILES string of the molecule is Cc1cc(Cl)cc2c(N=NC(=S)Nc3ccc(S(N)(=O)=O)cc3)c(O)n(Cc3ccccc3)c12. The van der Waals surface area contributed by atoms with Crippen LogP contribution in [0.5, 0.6) is 5.88 Å². The van der Waals surface area contributed by atoms with Crippen LogP contribution in [0.2, 0.25) is 5.02 Å². The fourth-order valence-corrected chi connectivity index (χ4v) is 4.57. The Balaban J connectivity index is 1.66. The predicted molar refractivity (Wildman–Crippen MR) is 137 cm³/mol. The zero-order valence-electron chi connectivity index (χ0n) is 17.9. The fourth-order valence-electron chi connectivity index (χ4n) is 3.62. The van der Waals surface area contributed by atoms with E-state index in [1.807, 2.05) is 43.3 Å². The molecule has 11 heteroatoms. The number of azo groups is 1. The maximum atomic E-state index is 11.4. The van der Waals surface area contributed by atoms with Crippen molar-refractivity contribution in [2.45, 2.75) is 18.4 Å². The van der Waals surface area contributed by atoms with Crippen molar-refractivity contribution in [2.75, 3.05) is 5.32 Å². The molecule has 1 aromatic heterocycles. The molecule has 0 bridgehead atoms. The molecule has 3 aromatic carbocycles. The molecule has 1 heterocycles. The number of aromatic hydroxyl groups is 1. The first-order valence-corrected chi connectivity index (χ1v) is 12.4. The average Bonchev–Trinajstić information content (AvgIpc) is 3.03. The van der Waals surface area contributed by atoms with Crippen LogP contribution >= 0.6 is 23.8 Å². The van der Waals surface area contributed by atoms with Crippen LogP contribution in [-0.2, 0) is 16.6 Å². The molecule has 4 rings (SSSR count). The van der Waals surface area contributed by atoms with E-state index in [1.54, 1.807) is 10.6 Å². The molecule has 0 atom stereocenters. The quantitative estimate of drug-likeness (QED) is 0.241. The molecule has 0 saturated heterocycles. The number of halogens is 1. The minimum absolute atomic E-state index is 0.0189. The number of nitrogens with one attached hydrogen (secondary N) is 1. The lowest BCUT2D eigenvalue weighted by atomic mass is 10.1. The lowest BCUT2D eigenvalue weighted by Crippen LogP contribution is -2.12. The number of primary sulfonamides is 1. The first kappa shape index (κ1) is 23.8. The third kappa shape index (κ3) is 5.10. The summed E-state index contributed by atoms with van der Waals surface area (Å²) in [6, 6.07) is 19.0. The first-order valence-electron chi connectivity index (χ1n) is 10.0. The van der Waals surface area contributed by atoms with Gasteiger partial charge in [0.15, 0.2) is 5.69 Å². The van der Waals surface area contributed by atoms with Gasteiger partial charge in [-0.15, -0.1) is 10.2 Å². The van der Waals surface area contributed by atoms with E-state index in [2.05, 4.69) is 15.5 Å². The highest BCUT2D eigenvalue weighted by molar-refractivity contribution is 7.89. The number of sulfonamides is 1. The van der Waals surface area contributed by atoms with Crippen molar-refractivity contribution in [1.82, 2.24) is 4.57 Å². The molecule has 4 N–H and O–H groups in total. The first-order chi connectivity index (χ1) is 16.1. The lowest BCUT2D eigenvalue weighted by Gasteiger charge is -2.09. The van der Waals surface area contributed by atoms with Crippen molar-refractivity contribution >= 4 is 61.2 Å². The highest BCUT2D eigenvalue weighted by Gasteiger charge is 2.19. The largest absolute Gasteiger partial charge is 0.493 e. The molecule has 0 saturated carbocycles. The smallest absolute Gasteiger partial charge is 0.238 e. The Labute approximate surface area is 206 Å². The summed E-state index contributed by atoms with van der Waals surface area (Å²) < 4.78 is 24.5. The second-order valence-corrected chi connectivity index (χ2v) is 9.95. The molecule has 0 spiro atoms. The van der Waals surface area contributed by atoms with Crippen LogP contribution < -0.4 is 10.5 Å². The van der Waals surface area contributed by atoms with Gasteiger partial charge in [0.05, 0.1) is 17.0 Å². The van der Waals surface area contributed by atoms with E-state index in [-0.39, 0.29) is 21.6 Å². The molecule has 4 aromatic rings. The highest BCUT2D eigenvalue weighted by atomic mass is 35.5. The monoisotopic (exact) mass is 513 g/mol. The summed E-state index contributed by atoms with van der Waals surface area (Å²) >= 11 is 11.5. The van der Waals surface area contributed by atoms with Crippen LogP contribution in [0.1, 0.15) is 11.1 Å².